The molecule has 0 fully saturated rings. The molecule has 6 heteroatoms. The van der Waals surface area contributed by atoms with Crippen LogP contribution < -0.4 is 5.32 Å². The molecule has 1 N–H and O–H groups in total. The number of aromatic nitrogens is 2. The van der Waals surface area contributed by atoms with Crippen LogP contribution in [0.2, 0.25) is 0 Å². The number of rotatable bonds is 3. The molecule has 0 spiro atoms. The van der Waals surface area contributed by atoms with Gasteiger partial charge in [0.1, 0.15) is 17.2 Å². The summed E-state index contributed by atoms with van der Waals surface area (Å²) in [4.78, 5) is 17.1. The van der Waals surface area contributed by atoms with E-state index >= 15 is 0 Å². The minimum absolute atomic E-state index is 0.310. The standard InChI is InChI=1S/C17H15BrFN3O/c1-3-14-16(22-9-11(19)5-7-15(22)21-14)17(23)20-12-6-4-10(2)13(18)8-12/h4-9H,3H2,1-2H3,(H,20,23). The predicted molar refractivity (Wildman–Crippen MR) is 91.4 cm³/mol. The molecule has 0 unspecified atom stereocenters. The van der Waals surface area contributed by atoms with Gasteiger partial charge in [-0.05, 0) is 43.2 Å². The lowest BCUT2D eigenvalue weighted by atomic mass is 10.2. The minimum atomic E-state index is -0.412. The maximum absolute atomic E-state index is 13.5. The van der Waals surface area contributed by atoms with Crippen molar-refractivity contribution in [3.8, 4) is 0 Å². The maximum Gasteiger partial charge on any atom is 0.274 e. The molecule has 2 heterocycles. The Kier molecular flexibility index (Phi) is 4.17. The van der Waals surface area contributed by atoms with Gasteiger partial charge in [0.2, 0.25) is 0 Å². The van der Waals surface area contributed by atoms with Crippen LogP contribution in [0.4, 0.5) is 10.1 Å². The van der Waals surface area contributed by atoms with Gasteiger partial charge in [-0.15, -0.1) is 0 Å². The summed E-state index contributed by atoms with van der Waals surface area (Å²) in [6, 6.07) is 8.47. The maximum atomic E-state index is 13.5. The van der Waals surface area contributed by atoms with Crippen molar-refractivity contribution in [1.82, 2.24) is 9.38 Å². The fourth-order valence-electron chi connectivity index (χ4n) is 2.42. The van der Waals surface area contributed by atoms with E-state index in [1.54, 1.807) is 6.07 Å². The molecule has 0 saturated heterocycles. The number of nitrogens with one attached hydrogen (secondary N) is 1. The zero-order valence-corrected chi connectivity index (χ0v) is 14.3. The summed E-state index contributed by atoms with van der Waals surface area (Å²) >= 11 is 3.44. The SMILES string of the molecule is CCc1nc2ccc(F)cn2c1C(=O)Nc1ccc(C)c(Br)c1. The molecule has 2 aromatic heterocycles. The molecular formula is C17H15BrFN3O. The highest BCUT2D eigenvalue weighted by Gasteiger charge is 2.19. The van der Waals surface area contributed by atoms with Crippen LogP contribution in [0.3, 0.4) is 0 Å². The Labute approximate surface area is 141 Å². The van der Waals surface area contributed by atoms with Gasteiger partial charge in [0.05, 0.1) is 5.69 Å². The topological polar surface area (TPSA) is 46.4 Å². The van der Waals surface area contributed by atoms with Crippen molar-refractivity contribution in [3.63, 3.8) is 0 Å². The average molecular weight is 376 g/mol. The van der Waals surface area contributed by atoms with Gasteiger partial charge in [-0.3, -0.25) is 9.20 Å². The molecule has 1 amide bonds. The number of benzene rings is 1. The summed E-state index contributed by atoms with van der Waals surface area (Å²) < 4.78 is 15.9. The van der Waals surface area contributed by atoms with Crippen LogP contribution in [0.15, 0.2) is 41.0 Å². The first-order valence-corrected chi connectivity index (χ1v) is 8.03. The van der Waals surface area contributed by atoms with E-state index in [0.29, 0.717) is 29.1 Å². The van der Waals surface area contributed by atoms with E-state index in [1.807, 2.05) is 32.0 Å². The Balaban J connectivity index is 2.02. The average Bonchev–Trinajstić information content (AvgIpc) is 2.88. The summed E-state index contributed by atoms with van der Waals surface area (Å²) in [5.41, 5.74) is 3.30. The van der Waals surface area contributed by atoms with Gasteiger partial charge in [0.25, 0.3) is 5.91 Å². The number of anilines is 1. The minimum Gasteiger partial charge on any atom is -0.321 e. The number of hydrogen-bond acceptors (Lipinski definition) is 2. The van der Waals surface area contributed by atoms with Gasteiger partial charge < -0.3 is 5.32 Å². The largest absolute Gasteiger partial charge is 0.321 e. The van der Waals surface area contributed by atoms with Gasteiger partial charge in [-0.2, -0.15) is 0 Å². The monoisotopic (exact) mass is 375 g/mol. The van der Waals surface area contributed by atoms with Crippen LogP contribution in [0.5, 0.6) is 0 Å². The van der Waals surface area contributed by atoms with Crippen LogP contribution >= 0.6 is 15.9 Å². The molecule has 4 nitrogen and oxygen atoms in total. The number of fused-ring (bicyclic) bond motifs is 1. The zero-order valence-electron chi connectivity index (χ0n) is 12.7. The Bertz CT molecular complexity index is 904. The van der Waals surface area contributed by atoms with Gasteiger partial charge in [-0.1, -0.05) is 28.9 Å². The quantitative estimate of drug-likeness (QED) is 0.739. The number of carbonyl (C=O) groups is 1. The molecule has 0 bridgehead atoms. The summed E-state index contributed by atoms with van der Waals surface area (Å²) in [6.07, 6.45) is 1.87. The third-order valence-electron chi connectivity index (χ3n) is 3.63. The number of nitrogens with zero attached hydrogens (tertiary/aromatic N) is 2. The second kappa shape index (κ2) is 6.12. The molecule has 3 aromatic rings. The molecule has 3 rings (SSSR count). The number of imidazole rings is 1. The van der Waals surface area contributed by atoms with E-state index in [-0.39, 0.29) is 5.91 Å². The molecular weight excluding hydrogens is 361 g/mol. The first-order valence-electron chi connectivity index (χ1n) is 7.23. The van der Waals surface area contributed by atoms with Crippen molar-refractivity contribution < 1.29 is 9.18 Å². The van der Waals surface area contributed by atoms with Crippen molar-refractivity contribution in [2.24, 2.45) is 0 Å². The number of amides is 1. The van der Waals surface area contributed by atoms with Crippen molar-refractivity contribution >= 4 is 33.2 Å². The molecule has 0 aliphatic heterocycles. The lowest BCUT2D eigenvalue weighted by molar-refractivity contribution is 0.102. The van der Waals surface area contributed by atoms with E-state index in [1.165, 1.54) is 16.7 Å². The second-order valence-corrected chi connectivity index (χ2v) is 6.11. The Morgan fingerprint density at radius 2 is 2.13 bits per heavy atom. The molecule has 0 atom stereocenters. The summed E-state index contributed by atoms with van der Waals surface area (Å²) in [5.74, 6) is -0.722. The van der Waals surface area contributed by atoms with Gasteiger partial charge in [0, 0.05) is 16.4 Å². The van der Waals surface area contributed by atoms with Crippen LogP contribution in [0, 0.1) is 12.7 Å². The third-order valence-corrected chi connectivity index (χ3v) is 4.49. The predicted octanol–water partition coefficient (Wildman–Crippen LogP) is 4.36. The normalized spacial score (nSPS) is 11.0. The molecule has 0 radical (unpaired) electrons. The van der Waals surface area contributed by atoms with Crippen LogP contribution in [-0.4, -0.2) is 15.3 Å². The highest BCUT2D eigenvalue weighted by molar-refractivity contribution is 9.10. The van der Waals surface area contributed by atoms with Crippen molar-refractivity contribution in [2.45, 2.75) is 20.3 Å². The molecule has 23 heavy (non-hydrogen) atoms. The van der Waals surface area contributed by atoms with Gasteiger partial charge >= 0.3 is 0 Å². The van der Waals surface area contributed by atoms with Crippen molar-refractivity contribution in [3.05, 3.63) is 63.8 Å². The summed E-state index contributed by atoms with van der Waals surface area (Å²) in [6.45, 7) is 3.88. The van der Waals surface area contributed by atoms with Crippen LogP contribution in [0.25, 0.3) is 5.65 Å². The van der Waals surface area contributed by atoms with E-state index < -0.39 is 5.82 Å². The number of hydrogen-bond donors (Lipinski definition) is 1. The van der Waals surface area contributed by atoms with Crippen LogP contribution in [0.1, 0.15) is 28.7 Å². The van der Waals surface area contributed by atoms with Crippen molar-refractivity contribution in [1.29, 1.82) is 0 Å². The van der Waals surface area contributed by atoms with E-state index in [0.717, 1.165) is 10.0 Å². The molecule has 0 aliphatic carbocycles. The lowest BCUT2D eigenvalue weighted by Gasteiger charge is -2.08. The van der Waals surface area contributed by atoms with E-state index in [4.69, 9.17) is 0 Å². The Hall–Kier alpha value is -2.21. The van der Waals surface area contributed by atoms with Crippen LogP contribution in [-0.2, 0) is 6.42 Å². The first kappa shape index (κ1) is 15.7. The molecule has 1 aromatic carbocycles. The summed E-state index contributed by atoms with van der Waals surface area (Å²) in [5, 5.41) is 2.85. The highest BCUT2D eigenvalue weighted by atomic mass is 79.9. The number of carbonyl (C=O) groups excluding carboxylic acids is 1. The van der Waals surface area contributed by atoms with E-state index in [2.05, 4.69) is 26.2 Å². The first-order chi connectivity index (χ1) is 11.0. The second-order valence-electron chi connectivity index (χ2n) is 5.25. The lowest BCUT2D eigenvalue weighted by Crippen LogP contribution is -2.16. The highest BCUT2D eigenvalue weighted by Crippen LogP contribution is 2.22. The number of aryl methyl sites for hydroxylation is 2. The smallest absolute Gasteiger partial charge is 0.274 e. The fraction of sp³-hybridized carbons (Fsp3) is 0.176. The third kappa shape index (κ3) is 2.99. The molecule has 0 aliphatic rings. The van der Waals surface area contributed by atoms with Crippen molar-refractivity contribution in [2.75, 3.05) is 5.32 Å². The van der Waals surface area contributed by atoms with Gasteiger partial charge in [0.15, 0.2) is 0 Å². The Morgan fingerprint density at radius 3 is 2.83 bits per heavy atom. The number of halogens is 2. The van der Waals surface area contributed by atoms with E-state index in [9.17, 15) is 9.18 Å². The Morgan fingerprint density at radius 1 is 1.35 bits per heavy atom. The van der Waals surface area contributed by atoms with Gasteiger partial charge in [-0.25, -0.2) is 9.37 Å². The number of pyridine rings is 1. The molecule has 0 saturated carbocycles. The molecule has 118 valence electrons. The fourth-order valence-corrected chi connectivity index (χ4v) is 2.79. The zero-order chi connectivity index (χ0) is 16.6. The summed E-state index contributed by atoms with van der Waals surface area (Å²) in [7, 11) is 0.